The van der Waals surface area contributed by atoms with Gasteiger partial charge in [-0.25, -0.2) is 4.98 Å². The highest BCUT2D eigenvalue weighted by molar-refractivity contribution is 5.24. The molecule has 1 fully saturated rings. The highest BCUT2D eigenvalue weighted by Gasteiger charge is 2.34. The fourth-order valence-electron chi connectivity index (χ4n) is 2.15. The second-order valence-electron chi connectivity index (χ2n) is 4.16. The molecule has 0 atom stereocenters. The first kappa shape index (κ1) is 11.4. The van der Waals surface area contributed by atoms with Gasteiger partial charge >= 0.3 is 0 Å². The highest BCUT2D eigenvalue weighted by atomic mass is 16.5. The zero-order valence-corrected chi connectivity index (χ0v) is 9.61. The number of hydrogen-bond donors (Lipinski definition) is 1. The van der Waals surface area contributed by atoms with Gasteiger partial charge in [-0.2, -0.15) is 0 Å². The number of methoxy groups -OCH3 is 1. The summed E-state index contributed by atoms with van der Waals surface area (Å²) in [6.45, 7) is 2.13. The Kier molecular flexibility index (Phi) is 3.41. The molecule has 4 heteroatoms. The Bertz CT molecular complexity index is 349. The van der Waals surface area contributed by atoms with Gasteiger partial charge in [-0.15, -0.1) is 0 Å². The third-order valence-corrected chi connectivity index (χ3v) is 3.32. The van der Waals surface area contributed by atoms with Crippen LogP contribution in [0.2, 0.25) is 0 Å². The fraction of sp³-hybridized carbons (Fsp3) is 0.583. The molecule has 1 aromatic heterocycles. The van der Waals surface area contributed by atoms with E-state index < -0.39 is 0 Å². The molecule has 16 heavy (non-hydrogen) atoms. The first-order chi connectivity index (χ1) is 7.80. The summed E-state index contributed by atoms with van der Waals surface area (Å²) in [7, 11) is 1.63. The van der Waals surface area contributed by atoms with Gasteiger partial charge in [0.15, 0.2) is 0 Å². The summed E-state index contributed by atoms with van der Waals surface area (Å²) in [6.07, 6.45) is 1.87. The monoisotopic (exact) mass is 222 g/mol. The topological polar surface area (TPSA) is 57.4 Å². The SMILES string of the molecule is COc1cccc(C2(CN)CCOCC2)n1. The first-order valence-electron chi connectivity index (χ1n) is 5.60. The number of aromatic nitrogens is 1. The molecule has 0 amide bonds. The van der Waals surface area contributed by atoms with Crippen LogP contribution < -0.4 is 10.5 Å². The largest absolute Gasteiger partial charge is 0.481 e. The molecular weight excluding hydrogens is 204 g/mol. The molecule has 0 saturated carbocycles. The molecule has 1 aliphatic rings. The van der Waals surface area contributed by atoms with Crippen molar-refractivity contribution in [1.82, 2.24) is 4.98 Å². The Hall–Kier alpha value is -1.13. The lowest BCUT2D eigenvalue weighted by atomic mass is 9.77. The van der Waals surface area contributed by atoms with Crippen molar-refractivity contribution in [2.24, 2.45) is 5.73 Å². The minimum absolute atomic E-state index is 0.0349. The number of rotatable bonds is 3. The van der Waals surface area contributed by atoms with E-state index in [1.165, 1.54) is 0 Å². The predicted octanol–water partition coefficient (Wildman–Crippen LogP) is 1.10. The summed E-state index contributed by atoms with van der Waals surface area (Å²) in [6, 6.07) is 5.85. The van der Waals surface area contributed by atoms with Crippen molar-refractivity contribution in [3.8, 4) is 5.88 Å². The maximum atomic E-state index is 5.93. The number of ether oxygens (including phenoxy) is 2. The molecule has 1 saturated heterocycles. The van der Waals surface area contributed by atoms with Crippen molar-refractivity contribution in [2.75, 3.05) is 26.9 Å². The van der Waals surface area contributed by atoms with Crippen LogP contribution in [-0.4, -0.2) is 31.9 Å². The summed E-state index contributed by atoms with van der Waals surface area (Å²) in [5.74, 6) is 0.650. The molecule has 0 aliphatic carbocycles. The quantitative estimate of drug-likeness (QED) is 0.832. The fourth-order valence-corrected chi connectivity index (χ4v) is 2.15. The van der Waals surface area contributed by atoms with E-state index >= 15 is 0 Å². The lowest BCUT2D eigenvalue weighted by molar-refractivity contribution is 0.0513. The summed E-state index contributed by atoms with van der Waals surface area (Å²) in [5.41, 5.74) is 6.92. The molecule has 2 rings (SSSR count). The summed E-state index contributed by atoms with van der Waals surface area (Å²) in [4.78, 5) is 4.50. The Balaban J connectivity index is 2.31. The van der Waals surface area contributed by atoms with Crippen LogP contribution in [0.25, 0.3) is 0 Å². The minimum atomic E-state index is -0.0349. The molecule has 0 aromatic carbocycles. The number of hydrogen-bond acceptors (Lipinski definition) is 4. The molecule has 2 N–H and O–H groups in total. The Morgan fingerprint density at radius 3 is 2.81 bits per heavy atom. The van der Waals surface area contributed by atoms with Crippen molar-refractivity contribution < 1.29 is 9.47 Å². The van der Waals surface area contributed by atoms with Crippen molar-refractivity contribution in [2.45, 2.75) is 18.3 Å². The highest BCUT2D eigenvalue weighted by Crippen LogP contribution is 2.33. The van der Waals surface area contributed by atoms with Crippen LogP contribution in [0.5, 0.6) is 5.88 Å². The lowest BCUT2D eigenvalue weighted by Gasteiger charge is -2.35. The molecule has 88 valence electrons. The number of nitrogens with zero attached hydrogens (tertiary/aromatic N) is 1. The van der Waals surface area contributed by atoms with Gasteiger partial charge < -0.3 is 15.2 Å². The Labute approximate surface area is 95.8 Å². The Morgan fingerprint density at radius 2 is 2.19 bits per heavy atom. The van der Waals surface area contributed by atoms with E-state index in [1.54, 1.807) is 7.11 Å². The number of pyridine rings is 1. The van der Waals surface area contributed by atoms with Crippen molar-refractivity contribution in [3.05, 3.63) is 23.9 Å². The second kappa shape index (κ2) is 4.80. The maximum Gasteiger partial charge on any atom is 0.213 e. The number of nitrogens with two attached hydrogens (primary N) is 1. The van der Waals surface area contributed by atoms with Gasteiger partial charge in [0.05, 0.1) is 12.8 Å². The van der Waals surface area contributed by atoms with Gasteiger partial charge in [-0.05, 0) is 18.9 Å². The zero-order valence-electron chi connectivity index (χ0n) is 9.61. The third-order valence-electron chi connectivity index (χ3n) is 3.32. The maximum absolute atomic E-state index is 5.93. The Morgan fingerprint density at radius 1 is 1.44 bits per heavy atom. The van der Waals surface area contributed by atoms with Crippen LogP contribution in [0.3, 0.4) is 0 Å². The van der Waals surface area contributed by atoms with Gasteiger partial charge in [0.25, 0.3) is 0 Å². The van der Waals surface area contributed by atoms with E-state index in [1.807, 2.05) is 18.2 Å². The van der Waals surface area contributed by atoms with E-state index in [2.05, 4.69) is 4.98 Å². The van der Waals surface area contributed by atoms with Crippen LogP contribution in [0.4, 0.5) is 0 Å². The standard InChI is InChI=1S/C12H18N2O2/c1-15-11-4-2-3-10(14-11)12(9-13)5-7-16-8-6-12/h2-4H,5-9,13H2,1H3. The van der Waals surface area contributed by atoms with Gasteiger partial charge in [0, 0.05) is 31.2 Å². The predicted molar refractivity (Wildman–Crippen MR) is 61.6 cm³/mol. The van der Waals surface area contributed by atoms with Crippen LogP contribution in [0.1, 0.15) is 18.5 Å². The van der Waals surface area contributed by atoms with Crippen LogP contribution in [0.15, 0.2) is 18.2 Å². The van der Waals surface area contributed by atoms with Crippen LogP contribution >= 0.6 is 0 Å². The molecule has 2 heterocycles. The third kappa shape index (κ3) is 2.03. The zero-order chi connectivity index (χ0) is 11.4. The molecule has 0 spiro atoms. The molecule has 1 aliphatic heterocycles. The molecule has 1 aromatic rings. The average Bonchev–Trinajstić information content (AvgIpc) is 2.39. The van der Waals surface area contributed by atoms with E-state index in [0.717, 1.165) is 31.7 Å². The minimum Gasteiger partial charge on any atom is -0.481 e. The van der Waals surface area contributed by atoms with E-state index in [4.69, 9.17) is 15.2 Å². The molecule has 0 unspecified atom stereocenters. The van der Waals surface area contributed by atoms with E-state index in [-0.39, 0.29) is 5.41 Å². The smallest absolute Gasteiger partial charge is 0.213 e. The van der Waals surface area contributed by atoms with Gasteiger partial charge in [0.2, 0.25) is 5.88 Å². The van der Waals surface area contributed by atoms with E-state index in [0.29, 0.717) is 12.4 Å². The van der Waals surface area contributed by atoms with Crippen molar-refractivity contribution >= 4 is 0 Å². The molecule has 4 nitrogen and oxygen atoms in total. The van der Waals surface area contributed by atoms with Crippen LogP contribution in [-0.2, 0) is 10.2 Å². The summed E-state index contributed by atoms with van der Waals surface area (Å²) < 4.78 is 10.5. The summed E-state index contributed by atoms with van der Waals surface area (Å²) in [5, 5.41) is 0. The second-order valence-corrected chi connectivity index (χ2v) is 4.16. The van der Waals surface area contributed by atoms with Crippen molar-refractivity contribution in [1.29, 1.82) is 0 Å². The normalized spacial score (nSPS) is 19.4. The molecule has 0 radical (unpaired) electrons. The lowest BCUT2D eigenvalue weighted by Crippen LogP contribution is -2.41. The van der Waals surface area contributed by atoms with E-state index in [9.17, 15) is 0 Å². The summed E-state index contributed by atoms with van der Waals surface area (Å²) >= 11 is 0. The molecule has 0 bridgehead atoms. The average molecular weight is 222 g/mol. The van der Waals surface area contributed by atoms with Crippen LogP contribution in [0, 0.1) is 0 Å². The van der Waals surface area contributed by atoms with Crippen molar-refractivity contribution in [3.63, 3.8) is 0 Å². The van der Waals surface area contributed by atoms with Gasteiger partial charge in [-0.1, -0.05) is 6.07 Å². The molecular formula is C12H18N2O2. The van der Waals surface area contributed by atoms with Gasteiger partial charge in [-0.3, -0.25) is 0 Å². The first-order valence-corrected chi connectivity index (χ1v) is 5.60. The van der Waals surface area contributed by atoms with Gasteiger partial charge in [0.1, 0.15) is 0 Å².